The molecule has 0 aromatic heterocycles. The summed E-state index contributed by atoms with van der Waals surface area (Å²) >= 11 is 0. The lowest BCUT2D eigenvalue weighted by atomic mass is 10.1. The molecule has 0 radical (unpaired) electrons. The number of carbonyl (C=O) groups is 2. The summed E-state index contributed by atoms with van der Waals surface area (Å²) in [5, 5.41) is 2.66. The maximum absolute atomic E-state index is 13.9. The molecule has 164 valence electrons. The van der Waals surface area contributed by atoms with Gasteiger partial charge in [-0.2, -0.15) is 0 Å². The van der Waals surface area contributed by atoms with Crippen molar-refractivity contribution in [3.05, 3.63) is 78.1 Å². The molecule has 1 aliphatic rings. The van der Waals surface area contributed by atoms with Crippen LogP contribution in [-0.2, 0) is 4.79 Å². The Morgan fingerprint density at radius 2 is 1.84 bits per heavy atom. The molecule has 2 amide bonds. The van der Waals surface area contributed by atoms with Crippen molar-refractivity contribution in [1.82, 2.24) is 0 Å². The maximum atomic E-state index is 13.9. The molecule has 7 nitrogen and oxygen atoms in total. The van der Waals surface area contributed by atoms with Crippen LogP contribution in [0.15, 0.2) is 66.7 Å². The Hall–Kier alpha value is -4.07. The molecule has 1 aliphatic heterocycles. The number of halogens is 1. The van der Waals surface area contributed by atoms with Crippen LogP contribution in [0.25, 0.3) is 0 Å². The van der Waals surface area contributed by atoms with E-state index < -0.39 is 11.7 Å². The predicted molar refractivity (Wildman–Crippen MR) is 117 cm³/mol. The van der Waals surface area contributed by atoms with Crippen molar-refractivity contribution in [1.29, 1.82) is 0 Å². The van der Waals surface area contributed by atoms with Gasteiger partial charge in [0.05, 0.1) is 24.9 Å². The van der Waals surface area contributed by atoms with Gasteiger partial charge in [0.2, 0.25) is 0 Å². The second-order valence-corrected chi connectivity index (χ2v) is 6.97. The van der Waals surface area contributed by atoms with Gasteiger partial charge in [0.15, 0.2) is 6.61 Å². The number of fused-ring (bicyclic) bond motifs is 1. The zero-order valence-corrected chi connectivity index (χ0v) is 17.3. The van der Waals surface area contributed by atoms with E-state index in [4.69, 9.17) is 14.2 Å². The Kier molecular flexibility index (Phi) is 6.21. The topological polar surface area (TPSA) is 77.1 Å². The largest absolute Gasteiger partial charge is 0.497 e. The number of hydrogen-bond acceptors (Lipinski definition) is 5. The number of rotatable bonds is 7. The van der Waals surface area contributed by atoms with E-state index in [9.17, 15) is 14.0 Å². The molecule has 8 heteroatoms. The van der Waals surface area contributed by atoms with Crippen molar-refractivity contribution in [3.8, 4) is 17.2 Å². The molecule has 0 bridgehead atoms. The summed E-state index contributed by atoms with van der Waals surface area (Å²) < 4.78 is 30.3. The third kappa shape index (κ3) is 4.64. The van der Waals surface area contributed by atoms with E-state index in [-0.39, 0.29) is 31.2 Å². The standard InChI is InChI=1S/C24H21FN2O5/c1-30-17-7-9-18(10-8-17)31-13-12-27-21-14-16(6-11-22(21)32-15-23(27)28)26-24(29)19-4-2-3-5-20(19)25/h2-11,14H,12-13,15H2,1H3,(H,26,29). The van der Waals surface area contributed by atoms with Crippen LogP contribution in [-0.4, -0.2) is 38.7 Å². The van der Waals surface area contributed by atoms with Gasteiger partial charge >= 0.3 is 0 Å². The van der Waals surface area contributed by atoms with E-state index in [0.717, 1.165) is 5.75 Å². The monoisotopic (exact) mass is 436 g/mol. The fourth-order valence-electron chi connectivity index (χ4n) is 3.30. The van der Waals surface area contributed by atoms with Crippen molar-refractivity contribution in [3.63, 3.8) is 0 Å². The van der Waals surface area contributed by atoms with Gasteiger partial charge in [-0.05, 0) is 54.6 Å². The molecule has 1 heterocycles. The van der Waals surface area contributed by atoms with Crippen LogP contribution in [0, 0.1) is 5.82 Å². The van der Waals surface area contributed by atoms with Gasteiger partial charge < -0.3 is 24.4 Å². The molecular formula is C24H21FN2O5. The minimum Gasteiger partial charge on any atom is -0.497 e. The molecular weight excluding hydrogens is 415 g/mol. The molecule has 1 N–H and O–H groups in total. The van der Waals surface area contributed by atoms with Crippen LogP contribution < -0.4 is 24.4 Å². The number of carbonyl (C=O) groups excluding carboxylic acids is 2. The summed E-state index contributed by atoms with van der Waals surface area (Å²) in [5.41, 5.74) is 0.851. The quantitative estimate of drug-likeness (QED) is 0.608. The highest BCUT2D eigenvalue weighted by atomic mass is 19.1. The summed E-state index contributed by atoms with van der Waals surface area (Å²) in [6.45, 7) is 0.450. The number of amides is 2. The molecule has 4 rings (SSSR count). The van der Waals surface area contributed by atoms with Crippen LogP contribution in [0.2, 0.25) is 0 Å². The number of anilines is 2. The molecule has 0 saturated carbocycles. The molecule has 0 spiro atoms. The highest BCUT2D eigenvalue weighted by molar-refractivity contribution is 6.05. The molecule has 0 atom stereocenters. The summed E-state index contributed by atoms with van der Waals surface area (Å²) in [6.07, 6.45) is 0. The molecule has 0 fully saturated rings. The van der Waals surface area contributed by atoms with Crippen molar-refractivity contribution in [2.24, 2.45) is 0 Å². The van der Waals surface area contributed by atoms with Gasteiger partial charge in [-0.1, -0.05) is 12.1 Å². The molecule has 0 unspecified atom stereocenters. The average Bonchev–Trinajstić information content (AvgIpc) is 2.81. The fourth-order valence-corrected chi connectivity index (χ4v) is 3.30. The zero-order valence-electron chi connectivity index (χ0n) is 17.3. The first kappa shape index (κ1) is 21.2. The lowest BCUT2D eigenvalue weighted by Gasteiger charge is -2.29. The second-order valence-electron chi connectivity index (χ2n) is 6.97. The molecule has 0 saturated heterocycles. The first-order valence-corrected chi connectivity index (χ1v) is 9.95. The van der Waals surface area contributed by atoms with E-state index in [1.807, 2.05) is 0 Å². The van der Waals surface area contributed by atoms with Crippen molar-refractivity contribution in [2.45, 2.75) is 0 Å². The van der Waals surface area contributed by atoms with Crippen LogP contribution in [0.4, 0.5) is 15.8 Å². The SMILES string of the molecule is COc1ccc(OCCN2C(=O)COc3ccc(NC(=O)c4ccccc4F)cc32)cc1. The van der Waals surface area contributed by atoms with Gasteiger partial charge in [0.1, 0.15) is 29.7 Å². The Labute approximate surface area is 184 Å². The smallest absolute Gasteiger partial charge is 0.265 e. The number of methoxy groups -OCH3 is 1. The average molecular weight is 436 g/mol. The van der Waals surface area contributed by atoms with Gasteiger partial charge in [-0.25, -0.2) is 4.39 Å². The van der Waals surface area contributed by atoms with Crippen molar-refractivity contribution >= 4 is 23.2 Å². The second kappa shape index (κ2) is 9.38. The third-order valence-corrected chi connectivity index (χ3v) is 4.92. The van der Waals surface area contributed by atoms with Crippen molar-refractivity contribution < 1.29 is 28.2 Å². The molecule has 3 aromatic carbocycles. The highest BCUT2D eigenvalue weighted by Gasteiger charge is 2.26. The predicted octanol–water partition coefficient (Wildman–Crippen LogP) is 3.89. The van der Waals surface area contributed by atoms with E-state index in [2.05, 4.69) is 5.32 Å². The maximum Gasteiger partial charge on any atom is 0.265 e. The normalized spacial score (nSPS) is 12.6. The number of hydrogen-bond donors (Lipinski definition) is 1. The fraction of sp³-hybridized carbons (Fsp3) is 0.167. The number of ether oxygens (including phenoxy) is 3. The van der Waals surface area contributed by atoms with E-state index in [1.165, 1.54) is 18.2 Å². The number of nitrogens with one attached hydrogen (secondary N) is 1. The van der Waals surface area contributed by atoms with Crippen molar-refractivity contribution in [2.75, 3.05) is 37.1 Å². The summed E-state index contributed by atoms with van der Waals surface area (Å²) in [4.78, 5) is 26.4. The van der Waals surface area contributed by atoms with E-state index in [1.54, 1.807) is 60.5 Å². The van der Waals surface area contributed by atoms with Gasteiger partial charge in [-0.15, -0.1) is 0 Å². The minimum absolute atomic E-state index is 0.0673. The third-order valence-electron chi connectivity index (χ3n) is 4.92. The Morgan fingerprint density at radius 1 is 1.09 bits per heavy atom. The summed E-state index contributed by atoms with van der Waals surface area (Å²) in [6, 6.07) is 17.8. The first-order chi connectivity index (χ1) is 15.5. The first-order valence-electron chi connectivity index (χ1n) is 9.95. The Bertz CT molecular complexity index is 1130. The van der Waals surface area contributed by atoms with Crippen LogP contribution in [0.1, 0.15) is 10.4 Å². The Morgan fingerprint density at radius 3 is 2.59 bits per heavy atom. The van der Waals surface area contributed by atoms with Gasteiger partial charge in [0.25, 0.3) is 11.8 Å². The molecule has 3 aromatic rings. The number of nitrogens with zero attached hydrogens (tertiary/aromatic N) is 1. The molecule has 32 heavy (non-hydrogen) atoms. The van der Waals surface area contributed by atoms with Crippen LogP contribution in [0.3, 0.4) is 0 Å². The number of benzene rings is 3. The highest BCUT2D eigenvalue weighted by Crippen LogP contribution is 2.34. The van der Waals surface area contributed by atoms with Gasteiger partial charge in [0, 0.05) is 5.69 Å². The lowest BCUT2D eigenvalue weighted by molar-refractivity contribution is -0.121. The van der Waals surface area contributed by atoms with Crippen LogP contribution >= 0.6 is 0 Å². The Balaban J connectivity index is 1.46. The van der Waals surface area contributed by atoms with E-state index >= 15 is 0 Å². The van der Waals surface area contributed by atoms with Crippen LogP contribution in [0.5, 0.6) is 17.2 Å². The van der Waals surface area contributed by atoms with E-state index in [0.29, 0.717) is 22.9 Å². The molecule has 0 aliphatic carbocycles. The lowest BCUT2D eigenvalue weighted by Crippen LogP contribution is -2.41. The zero-order chi connectivity index (χ0) is 22.5. The van der Waals surface area contributed by atoms with Gasteiger partial charge in [-0.3, -0.25) is 9.59 Å². The minimum atomic E-state index is -0.612. The summed E-state index contributed by atoms with van der Waals surface area (Å²) in [5.74, 6) is 0.461. The summed E-state index contributed by atoms with van der Waals surface area (Å²) in [7, 11) is 1.59.